The molecule has 1 aliphatic rings. The summed E-state index contributed by atoms with van der Waals surface area (Å²) in [5.74, 6) is -0.547. The number of nitrogens with zero attached hydrogens (tertiary/aromatic N) is 2. The number of hydrogen-bond acceptors (Lipinski definition) is 4. The van der Waals surface area contributed by atoms with Crippen molar-refractivity contribution in [3.05, 3.63) is 0 Å². The van der Waals surface area contributed by atoms with Gasteiger partial charge in [0, 0.05) is 25.6 Å². The molecule has 0 aliphatic carbocycles. The van der Waals surface area contributed by atoms with Gasteiger partial charge in [-0.05, 0) is 19.3 Å². The van der Waals surface area contributed by atoms with E-state index in [1.165, 1.54) is 4.90 Å². The minimum atomic E-state index is -0.569. The lowest BCUT2D eigenvalue weighted by molar-refractivity contribution is -0.137. The van der Waals surface area contributed by atoms with Crippen LogP contribution >= 0.6 is 0 Å². The average Bonchev–Trinajstić information content (AvgIpc) is 2.70. The molecule has 0 aromatic carbocycles. The highest BCUT2D eigenvalue weighted by Crippen LogP contribution is 2.18. The third-order valence-electron chi connectivity index (χ3n) is 3.08. The summed E-state index contributed by atoms with van der Waals surface area (Å²) in [6.07, 6.45) is 2.16. The predicted octanol–water partition coefficient (Wildman–Crippen LogP) is -2.16. The lowest BCUT2D eigenvalue weighted by atomic mass is 10.1. The monoisotopic (exact) mass is 270 g/mol. The zero-order chi connectivity index (χ0) is 14.4. The molecule has 0 aromatic rings. The van der Waals surface area contributed by atoms with Crippen LogP contribution in [0.5, 0.6) is 0 Å². The molecular weight excluding hydrogens is 248 g/mol. The number of carbonyl (C=O) groups is 2. The van der Waals surface area contributed by atoms with Crippen molar-refractivity contribution < 1.29 is 9.59 Å². The van der Waals surface area contributed by atoms with Crippen molar-refractivity contribution in [2.75, 3.05) is 13.1 Å². The van der Waals surface area contributed by atoms with Gasteiger partial charge < -0.3 is 27.8 Å². The molecule has 8 nitrogen and oxygen atoms in total. The number of amides is 2. The van der Waals surface area contributed by atoms with E-state index in [2.05, 4.69) is 4.99 Å². The zero-order valence-electron chi connectivity index (χ0n) is 10.9. The molecule has 1 saturated heterocycles. The van der Waals surface area contributed by atoms with E-state index in [1.807, 2.05) is 0 Å². The Balaban J connectivity index is 2.36. The minimum Gasteiger partial charge on any atom is -0.370 e. The smallest absolute Gasteiger partial charge is 0.240 e. The van der Waals surface area contributed by atoms with Crippen molar-refractivity contribution in [3.63, 3.8) is 0 Å². The second kappa shape index (κ2) is 6.93. The molecule has 2 atom stereocenters. The molecule has 19 heavy (non-hydrogen) atoms. The number of aliphatic imine (C=N–C) groups is 1. The molecule has 1 heterocycles. The van der Waals surface area contributed by atoms with Gasteiger partial charge in [-0.2, -0.15) is 0 Å². The van der Waals surface area contributed by atoms with E-state index in [4.69, 9.17) is 22.9 Å². The van der Waals surface area contributed by atoms with Gasteiger partial charge in [0.1, 0.15) is 6.04 Å². The summed E-state index contributed by atoms with van der Waals surface area (Å²) in [6, 6.07) is -0.747. The SMILES string of the molecule is NC(=O)[C@@H]1C[C@H](N)CN1C(=O)CCCCN=C(N)N. The maximum Gasteiger partial charge on any atom is 0.240 e. The third-order valence-corrected chi connectivity index (χ3v) is 3.08. The van der Waals surface area contributed by atoms with Crippen LogP contribution in [0.1, 0.15) is 25.7 Å². The van der Waals surface area contributed by atoms with Crippen LogP contribution in [0.3, 0.4) is 0 Å². The Morgan fingerprint density at radius 1 is 1.21 bits per heavy atom. The van der Waals surface area contributed by atoms with E-state index in [9.17, 15) is 9.59 Å². The number of guanidine groups is 1. The molecule has 2 amide bonds. The fraction of sp³-hybridized carbons (Fsp3) is 0.727. The Morgan fingerprint density at radius 2 is 1.89 bits per heavy atom. The highest BCUT2D eigenvalue weighted by Gasteiger charge is 2.36. The van der Waals surface area contributed by atoms with E-state index in [-0.39, 0.29) is 17.9 Å². The lowest BCUT2D eigenvalue weighted by Gasteiger charge is -2.21. The number of rotatable bonds is 6. The molecule has 8 N–H and O–H groups in total. The average molecular weight is 270 g/mol. The number of carbonyl (C=O) groups excluding carboxylic acids is 2. The van der Waals surface area contributed by atoms with Gasteiger partial charge in [-0.1, -0.05) is 0 Å². The second-order valence-electron chi connectivity index (χ2n) is 4.72. The van der Waals surface area contributed by atoms with E-state index in [0.717, 1.165) is 0 Å². The van der Waals surface area contributed by atoms with Crippen LogP contribution in [0.2, 0.25) is 0 Å². The number of hydrogen-bond donors (Lipinski definition) is 4. The Morgan fingerprint density at radius 3 is 2.47 bits per heavy atom. The van der Waals surface area contributed by atoms with Crippen LogP contribution in [-0.2, 0) is 9.59 Å². The molecule has 0 aromatic heterocycles. The number of unbranched alkanes of at least 4 members (excludes halogenated alkanes) is 1. The van der Waals surface area contributed by atoms with E-state index >= 15 is 0 Å². The Kier molecular flexibility index (Phi) is 5.56. The highest BCUT2D eigenvalue weighted by molar-refractivity contribution is 5.87. The van der Waals surface area contributed by atoms with Gasteiger partial charge in [0.25, 0.3) is 0 Å². The molecule has 0 unspecified atom stereocenters. The molecule has 0 bridgehead atoms. The molecule has 8 heteroatoms. The van der Waals surface area contributed by atoms with Crippen LogP contribution in [0.15, 0.2) is 4.99 Å². The fourth-order valence-corrected chi connectivity index (χ4v) is 2.15. The lowest BCUT2D eigenvalue weighted by Crippen LogP contribution is -2.43. The summed E-state index contributed by atoms with van der Waals surface area (Å²) in [7, 11) is 0. The first-order chi connectivity index (χ1) is 8.91. The van der Waals surface area contributed by atoms with Crippen LogP contribution in [0.25, 0.3) is 0 Å². The molecule has 0 radical (unpaired) electrons. The maximum atomic E-state index is 12.0. The second-order valence-corrected chi connectivity index (χ2v) is 4.72. The van der Waals surface area contributed by atoms with Gasteiger partial charge in [0.05, 0.1) is 0 Å². The van der Waals surface area contributed by atoms with Gasteiger partial charge >= 0.3 is 0 Å². The molecule has 1 aliphatic heterocycles. The summed E-state index contributed by atoms with van der Waals surface area (Å²) in [5, 5.41) is 0. The molecule has 1 fully saturated rings. The fourth-order valence-electron chi connectivity index (χ4n) is 2.15. The van der Waals surface area contributed by atoms with Crippen molar-refractivity contribution in [3.8, 4) is 0 Å². The summed E-state index contributed by atoms with van der Waals surface area (Å²) < 4.78 is 0. The van der Waals surface area contributed by atoms with Gasteiger partial charge in [-0.3, -0.25) is 14.6 Å². The largest absolute Gasteiger partial charge is 0.370 e. The standard InChI is InChI=1S/C11H22N6O2/c12-7-5-8(10(13)19)17(6-7)9(18)3-1-2-4-16-11(14)15/h7-8H,1-6,12H2,(H2,13,19)(H4,14,15,16)/t7-,8-/m0/s1. The number of nitrogens with two attached hydrogens (primary N) is 4. The van der Waals surface area contributed by atoms with Gasteiger partial charge in [0.2, 0.25) is 11.8 Å². The minimum absolute atomic E-state index is 0.0469. The van der Waals surface area contributed by atoms with Crippen molar-refractivity contribution in [2.24, 2.45) is 27.9 Å². The summed E-state index contributed by atoms with van der Waals surface area (Å²) in [5.41, 5.74) is 21.4. The molecule has 108 valence electrons. The van der Waals surface area contributed by atoms with Crippen molar-refractivity contribution in [2.45, 2.75) is 37.8 Å². The maximum absolute atomic E-state index is 12.0. The van der Waals surface area contributed by atoms with Crippen LogP contribution < -0.4 is 22.9 Å². The molecule has 1 rings (SSSR count). The summed E-state index contributed by atoms with van der Waals surface area (Å²) in [6.45, 7) is 0.884. The van der Waals surface area contributed by atoms with E-state index < -0.39 is 11.9 Å². The Labute approximate surface area is 112 Å². The predicted molar refractivity (Wildman–Crippen MR) is 71.8 cm³/mol. The van der Waals surface area contributed by atoms with Crippen LogP contribution in [-0.4, -0.2) is 47.8 Å². The molecular formula is C11H22N6O2. The number of primary amides is 1. The topological polar surface area (TPSA) is 154 Å². The van der Waals surface area contributed by atoms with Gasteiger partial charge in [-0.15, -0.1) is 0 Å². The van der Waals surface area contributed by atoms with Crippen LogP contribution in [0.4, 0.5) is 0 Å². The first-order valence-electron chi connectivity index (χ1n) is 6.31. The molecule has 0 saturated carbocycles. The summed E-state index contributed by atoms with van der Waals surface area (Å²) in [4.78, 5) is 28.5. The quantitative estimate of drug-likeness (QED) is 0.246. The molecule has 0 spiro atoms. The Bertz CT molecular complexity index is 366. The van der Waals surface area contributed by atoms with Crippen molar-refractivity contribution in [1.29, 1.82) is 0 Å². The summed E-state index contributed by atoms with van der Waals surface area (Å²) >= 11 is 0. The van der Waals surface area contributed by atoms with Gasteiger partial charge in [-0.25, -0.2) is 0 Å². The van der Waals surface area contributed by atoms with E-state index in [0.29, 0.717) is 38.8 Å². The van der Waals surface area contributed by atoms with Crippen LogP contribution in [0, 0.1) is 0 Å². The highest BCUT2D eigenvalue weighted by atomic mass is 16.2. The first-order valence-corrected chi connectivity index (χ1v) is 6.31. The van der Waals surface area contributed by atoms with Crippen molar-refractivity contribution in [1.82, 2.24) is 4.90 Å². The normalized spacial score (nSPS) is 22.3. The van der Waals surface area contributed by atoms with Crippen molar-refractivity contribution >= 4 is 17.8 Å². The first kappa shape index (κ1) is 15.2. The third kappa shape index (κ3) is 4.74. The zero-order valence-corrected chi connectivity index (χ0v) is 10.9. The number of likely N-dealkylation sites (tertiary alicyclic amines) is 1. The Hall–Kier alpha value is -1.83. The van der Waals surface area contributed by atoms with E-state index in [1.54, 1.807) is 0 Å². The van der Waals surface area contributed by atoms with Gasteiger partial charge in [0.15, 0.2) is 5.96 Å².